The SMILES string of the molecule is Brc1cc(Br)c2c(c1)CCCN2. The molecule has 3 heteroatoms. The van der Waals surface area contributed by atoms with Crippen molar-refractivity contribution in [2.45, 2.75) is 12.8 Å². The fourth-order valence-electron chi connectivity index (χ4n) is 1.51. The van der Waals surface area contributed by atoms with E-state index < -0.39 is 0 Å². The van der Waals surface area contributed by atoms with E-state index in [1.165, 1.54) is 24.1 Å². The first-order valence-electron chi connectivity index (χ1n) is 3.99. The number of rotatable bonds is 0. The van der Waals surface area contributed by atoms with E-state index in [4.69, 9.17) is 0 Å². The van der Waals surface area contributed by atoms with Crippen LogP contribution in [0.25, 0.3) is 0 Å². The van der Waals surface area contributed by atoms with Gasteiger partial charge in [0, 0.05) is 15.5 Å². The molecule has 64 valence electrons. The molecule has 0 saturated heterocycles. The fraction of sp³-hybridized carbons (Fsp3) is 0.333. The van der Waals surface area contributed by atoms with Crippen molar-refractivity contribution < 1.29 is 0 Å². The molecule has 1 N–H and O–H groups in total. The fourth-order valence-corrected chi connectivity index (χ4v) is 2.97. The Bertz CT molecular complexity index is 310. The smallest absolute Gasteiger partial charge is 0.0517 e. The first-order chi connectivity index (χ1) is 5.77. The molecule has 1 heterocycles. The van der Waals surface area contributed by atoms with Crippen molar-refractivity contribution in [2.24, 2.45) is 0 Å². The van der Waals surface area contributed by atoms with E-state index in [1.54, 1.807) is 0 Å². The molecule has 0 fully saturated rings. The number of anilines is 1. The highest BCUT2D eigenvalue weighted by Crippen LogP contribution is 2.33. The van der Waals surface area contributed by atoms with Crippen LogP contribution >= 0.6 is 31.9 Å². The molecule has 1 nitrogen and oxygen atoms in total. The second kappa shape index (κ2) is 3.38. The Morgan fingerprint density at radius 1 is 1.25 bits per heavy atom. The summed E-state index contributed by atoms with van der Waals surface area (Å²) in [6.07, 6.45) is 2.41. The molecule has 0 radical (unpaired) electrons. The largest absolute Gasteiger partial charge is 0.384 e. The van der Waals surface area contributed by atoms with Crippen LogP contribution in [0, 0.1) is 0 Å². The maximum absolute atomic E-state index is 3.54. The highest BCUT2D eigenvalue weighted by molar-refractivity contribution is 9.11. The normalized spacial score (nSPS) is 15.2. The number of fused-ring (bicyclic) bond motifs is 1. The summed E-state index contributed by atoms with van der Waals surface area (Å²) in [5.41, 5.74) is 2.67. The Balaban J connectivity index is 2.53. The molecular weight excluding hydrogens is 282 g/mol. The third-order valence-electron chi connectivity index (χ3n) is 2.06. The van der Waals surface area contributed by atoms with Crippen molar-refractivity contribution in [3.63, 3.8) is 0 Å². The van der Waals surface area contributed by atoms with Crippen molar-refractivity contribution in [1.29, 1.82) is 0 Å². The average molecular weight is 291 g/mol. The van der Waals surface area contributed by atoms with Crippen molar-refractivity contribution in [2.75, 3.05) is 11.9 Å². The molecule has 1 aromatic rings. The monoisotopic (exact) mass is 289 g/mol. The minimum Gasteiger partial charge on any atom is -0.384 e. The number of nitrogens with one attached hydrogen (secondary N) is 1. The molecule has 0 bridgehead atoms. The van der Waals surface area contributed by atoms with Crippen LogP contribution in [0.2, 0.25) is 0 Å². The second-order valence-electron chi connectivity index (χ2n) is 2.95. The van der Waals surface area contributed by atoms with Crippen molar-refractivity contribution in [3.8, 4) is 0 Å². The molecular formula is C9H9Br2N. The predicted molar refractivity (Wildman–Crippen MR) is 58.7 cm³/mol. The highest BCUT2D eigenvalue weighted by atomic mass is 79.9. The summed E-state index contributed by atoms with van der Waals surface area (Å²) in [7, 11) is 0. The summed E-state index contributed by atoms with van der Waals surface area (Å²) in [5.74, 6) is 0. The van der Waals surface area contributed by atoms with Crippen LogP contribution in [-0.4, -0.2) is 6.54 Å². The van der Waals surface area contributed by atoms with Gasteiger partial charge < -0.3 is 5.32 Å². The molecule has 2 rings (SSSR count). The third-order valence-corrected chi connectivity index (χ3v) is 3.14. The molecule has 0 unspecified atom stereocenters. The van der Waals surface area contributed by atoms with E-state index in [2.05, 4.69) is 49.3 Å². The van der Waals surface area contributed by atoms with Crippen LogP contribution in [0.1, 0.15) is 12.0 Å². The van der Waals surface area contributed by atoms with Gasteiger partial charge in [-0.3, -0.25) is 0 Å². The first-order valence-corrected chi connectivity index (χ1v) is 5.58. The first kappa shape index (κ1) is 8.57. The van der Waals surface area contributed by atoms with E-state index in [9.17, 15) is 0 Å². The Morgan fingerprint density at radius 2 is 2.08 bits per heavy atom. The predicted octanol–water partition coefficient (Wildman–Crippen LogP) is 3.57. The molecule has 0 amide bonds. The van der Waals surface area contributed by atoms with E-state index in [-0.39, 0.29) is 0 Å². The quantitative estimate of drug-likeness (QED) is 0.770. The number of halogens is 2. The molecule has 1 aliphatic rings. The van der Waals surface area contributed by atoms with E-state index >= 15 is 0 Å². The Morgan fingerprint density at radius 3 is 2.92 bits per heavy atom. The van der Waals surface area contributed by atoms with E-state index in [1.807, 2.05) is 0 Å². The van der Waals surface area contributed by atoms with Gasteiger partial charge in [-0.2, -0.15) is 0 Å². The highest BCUT2D eigenvalue weighted by Gasteiger charge is 2.11. The Kier molecular flexibility index (Phi) is 2.42. The van der Waals surface area contributed by atoms with Crippen LogP contribution in [0.5, 0.6) is 0 Å². The summed E-state index contributed by atoms with van der Waals surface area (Å²) in [4.78, 5) is 0. The van der Waals surface area contributed by atoms with Gasteiger partial charge in [-0.05, 0) is 46.5 Å². The lowest BCUT2D eigenvalue weighted by Crippen LogP contribution is -2.11. The third kappa shape index (κ3) is 1.52. The number of hydrogen-bond acceptors (Lipinski definition) is 1. The molecule has 12 heavy (non-hydrogen) atoms. The van der Waals surface area contributed by atoms with E-state index in [0.29, 0.717) is 0 Å². The van der Waals surface area contributed by atoms with Gasteiger partial charge in [0.05, 0.1) is 5.69 Å². The average Bonchev–Trinajstić information content (AvgIpc) is 2.04. The molecule has 0 atom stereocenters. The number of aryl methyl sites for hydroxylation is 1. The van der Waals surface area contributed by atoms with Crippen molar-refractivity contribution in [1.82, 2.24) is 0 Å². The maximum atomic E-state index is 3.54. The molecule has 0 aromatic heterocycles. The molecule has 0 saturated carbocycles. The van der Waals surface area contributed by atoms with Gasteiger partial charge in [0.15, 0.2) is 0 Å². The van der Waals surface area contributed by atoms with Crippen molar-refractivity contribution in [3.05, 3.63) is 26.6 Å². The second-order valence-corrected chi connectivity index (χ2v) is 4.72. The van der Waals surface area contributed by atoms with Gasteiger partial charge in [0.1, 0.15) is 0 Å². The lowest BCUT2D eigenvalue weighted by atomic mass is 10.0. The van der Waals surface area contributed by atoms with Crippen LogP contribution in [0.4, 0.5) is 5.69 Å². The zero-order valence-electron chi connectivity index (χ0n) is 6.53. The van der Waals surface area contributed by atoms with Crippen LogP contribution < -0.4 is 5.32 Å². The van der Waals surface area contributed by atoms with Crippen LogP contribution in [-0.2, 0) is 6.42 Å². The van der Waals surface area contributed by atoms with Gasteiger partial charge in [-0.25, -0.2) is 0 Å². The minimum absolute atomic E-state index is 1.09. The number of benzene rings is 1. The van der Waals surface area contributed by atoms with Crippen LogP contribution in [0.3, 0.4) is 0 Å². The van der Waals surface area contributed by atoms with Crippen LogP contribution in [0.15, 0.2) is 21.1 Å². The van der Waals surface area contributed by atoms with Gasteiger partial charge >= 0.3 is 0 Å². The zero-order valence-corrected chi connectivity index (χ0v) is 9.70. The maximum Gasteiger partial charge on any atom is 0.0517 e. The number of hydrogen-bond donors (Lipinski definition) is 1. The lowest BCUT2D eigenvalue weighted by molar-refractivity contribution is 0.828. The van der Waals surface area contributed by atoms with Gasteiger partial charge in [0.2, 0.25) is 0 Å². The Hall–Kier alpha value is -0.0200. The lowest BCUT2D eigenvalue weighted by Gasteiger charge is -2.19. The molecule has 0 spiro atoms. The topological polar surface area (TPSA) is 12.0 Å². The summed E-state index contributed by atoms with van der Waals surface area (Å²) in [6.45, 7) is 1.09. The van der Waals surface area contributed by atoms with E-state index in [0.717, 1.165) is 15.5 Å². The summed E-state index contributed by atoms with van der Waals surface area (Å²) >= 11 is 7.02. The standard InChI is InChI=1S/C9H9Br2N/c10-7-4-6-2-1-3-12-9(6)8(11)5-7/h4-5,12H,1-3H2. The van der Waals surface area contributed by atoms with Crippen molar-refractivity contribution >= 4 is 37.5 Å². The summed E-state index contributed by atoms with van der Waals surface area (Å²) in [6, 6.07) is 4.27. The van der Waals surface area contributed by atoms with Gasteiger partial charge in [0.25, 0.3) is 0 Å². The molecule has 1 aromatic carbocycles. The summed E-state index contributed by atoms with van der Waals surface area (Å²) < 4.78 is 2.31. The summed E-state index contributed by atoms with van der Waals surface area (Å²) in [5, 5.41) is 3.39. The molecule has 0 aliphatic carbocycles. The minimum atomic E-state index is 1.09. The molecule has 1 aliphatic heterocycles. The Labute approximate surface area is 88.8 Å². The van der Waals surface area contributed by atoms with Gasteiger partial charge in [-0.1, -0.05) is 15.9 Å². The van der Waals surface area contributed by atoms with Gasteiger partial charge in [-0.15, -0.1) is 0 Å². The zero-order chi connectivity index (χ0) is 8.55.